The number of esters is 1. The first-order valence-electron chi connectivity index (χ1n) is 6.27. The molecule has 1 atom stereocenters. The van der Waals surface area contributed by atoms with Gasteiger partial charge >= 0.3 is 5.97 Å². The molecule has 2 rings (SSSR count). The van der Waals surface area contributed by atoms with Crippen LogP contribution in [-0.4, -0.2) is 29.6 Å². The summed E-state index contributed by atoms with van der Waals surface area (Å²) < 4.78 is 4.48. The van der Waals surface area contributed by atoms with Crippen molar-refractivity contribution in [2.75, 3.05) is 7.11 Å². The number of methoxy groups -OCH3 is 1. The van der Waals surface area contributed by atoms with Gasteiger partial charge < -0.3 is 9.84 Å². The van der Waals surface area contributed by atoms with E-state index in [9.17, 15) is 14.7 Å². The number of ether oxygens (including phenoxy) is 1. The SMILES string of the molecule is COC(=O)[C@](C)(O)CC(=O)c1ccc2ccccc2c1. The average molecular weight is 272 g/mol. The third-order valence-electron chi connectivity index (χ3n) is 3.20. The monoisotopic (exact) mass is 272 g/mol. The van der Waals surface area contributed by atoms with E-state index in [2.05, 4.69) is 4.74 Å². The van der Waals surface area contributed by atoms with E-state index in [0.29, 0.717) is 5.56 Å². The molecule has 0 aliphatic carbocycles. The van der Waals surface area contributed by atoms with Crippen molar-refractivity contribution in [3.8, 4) is 0 Å². The first-order chi connectivity index (χ1) is 9.44. The molecule has 4 heteroatoms. The highest BCUT2D eigenvalue weighted by molar-refractivity contribution is 6.02. The lowest BCUT2D eigenvalue weighted by molar-refractivity contribution is -0.160. The van der Waals surface area contributed by atoms with Gasteiger partial charge in [-0.3, -0.25) is 4.79 Å². The Kier molecular flexibility index (Phi) is 3.86. The highest BCUT2D eigenvalue weighted by atomic mass is 16.5. The second-order valence-electron chi connectivity index (χ2n) is 4.93. The van der Waals surface area contributed by atoms with E-state index in [1.54, 1.807) is 12.1 Å². The van der Waals surface area contributed by atoms with Crippen LogP contribution in [0.5, 0.6) is 0 Å². The molecular formula is C16H16O4. The minimum Gasteiger partial charge on any atom is -0.467 e. The molecule has 0 spiro atoms. The van der Waals surface area contributed by atoms with Gasteiger partial charge in [-0.2, -0.15) is 0 Å². The lowest BCUT2D eigenvalue weighted by atomic mass is 9.94. The Labute approximate surface area is 117 Å². The summed E-state index contributed by atoms with van der Waals surface area (Å²) >= 11 is 0. The van der Waals surface area contributed by atoms with Crippen molar-refractivity contribution in [3.63, 3.8) is 0 Å². The van der Waals surface area contributed by atoms with Crippen molar-refractivity contribution < 1.29 is 19.4 Å². The summed E-state index contributed by atoms with van der Waals surface area (Å²) in [6.07, 6.45) is -0.308. The molecule has 4 nitrogen and oxygen atoms in total. The fraction of sp³-hybridized carbons (Fsp3) is 0.250. The van der Waals surface area contributed by atoms with E-state index >= 15 is 0 Å². The molecule has 2 aromatic carbocycles. The summed E-state index contributed by atoms with van der Waals surface area (Å²) in [7, 11) is 1.18. The predicted molar refractivity (Wildman–Crippen MR) is 75.5 cm³/mol. The van der Waals surface area contributed by atoms with Gasteiger partial charge in [-0.1, -0.05) is 36.4 Å². The van der Waals surface area contributed by atoms with E-state index in [0.717, 1.165) is 10.8 Å². The summed E-state index contributed by atoms with van der Waals surface area (Å²) in [5.41, 5.74) is -1.34. The van der Waals surface area contributed by atoms with Gasteiger partial charge in [0, 0.05) is 5.56 Å². The average Bonchev–Trinajstić information content (AvgIpc) is 2.45. The topological polar surface area (TPSA) is 63.6 Å². The Bertz CT molecular complexity index is 658. The Morgan fingerprint density at radius 2 is 1.80 bits per heavy atom. The molecule has 2 aromatic rings. The predicted octanol–water partition coefficient (Wildman–Crippen LogP) is 2.34. The van der Waals surface area contributed by atoms with Crippen LogP contribution in [-0.2, 0) is 9.53 Å². The van der Waals surface area contributed by atoms with Crippen molar-refractivity contribution in [2.24, 2.45) is 0 Å². The molecule has 0 unspecified atom stereocenters. The van der Waals surface area contributed by atoms with Crippen molar-refractivity contribution in [2.45, 2.75) is 18.9 Å². The second-order valence-corrected chi connectivity index (χ2v) is 4.93. The quantitative estimate of drug-likeness (QED) is 0.685. The summed E-state index contributed by atoms with van der Waals surface area (Å²) in [4.78, 5) is 23.5. The van der Waals surface area contributed by atoms with Crippen LogP contribution >= 0.6 is 0 Å². The molecule has 1 N–H and O–H groups in total. The lowest BCUT2D eigenvalue weighted by Crippen LogP contribution is -2.38. The maximum Gasteiger partial charge on any atom is 0.338 e. The van der Waals surface area contributed by atoms with E-state index in [1.807, 2.05) is 30.3 Å². The summed E-state index contributed by atoms with van der Waals surface area (Å²) in [6.45, 7) is 1.28. The van der Waals surface area contributed by atoms with Gasteiger partial charge in [0.05, 0.1) is 13.5 Å². The number of Topliss-reactive ketones (excluding diaryl/α,β-unsaturated/α-hetero) is 1. The standard InChI is InChI=1S/C16H16O4/c1-16(19,15(18)20-2)10-14(17)13-8-7-11-5-3-4-6-12(11)9-13/h3-9,19H,10H2,1-2H3/t16-/m1/s1. The molecular weight excluding hydrogens is 256 g/mol. The number of carbonyl (C=O) groups is 2. The fourth-order valence-electron chi connectivity index (χ4n) is 2.07. The van der Waals surface area contributed by atoms with Crippen LogP contribution in [0.3, 0.4) is 0 Å². The normalized spacial score (nSPS) is 13.8. The summed E-state index contributed by atoms with van der Waals surface area (Å²) in [5.74, 6) is -1.11. The number of benzene rings is 2. The van der Waals surface area contributed by atoms with Gasteiger partial charge in [0.1, 0.15) is 0 Å². The number of hydrogen-bond acceptors (Lipinski definition) is 4. The zero-order valence-electron chi connectivity index (χ0n) is 11.4. The maximum atomic E-state index is 12.2. The van der Waals surface area contributed by atoms with Crippen molar-refractivity contribution in [3.05, 3.63) is 48.0 Å². The number of aliphatic hydroxyl groups is 1. The number of carbonyl (C=O) groups excluding carboxylic acids is 2. The fourth-order valence-corrected chi connectivity index (χ4v) is 2.07. The molecule has 0 bridgehead atoms. The summed E-state index contributed by atoms with van der Waals surface area (Å²) in [6, 6.07) is 13.0. The van der Waals surface area contributed by atoms with Crippen LogP contribution in [0, 0.1) is 0 Å². The molecule has 0 heterocycles. The molecule has 0 saturated heterocycles. The lowest BCUT2D eigenvalue weighted by Gasteiger charge is -2.19. The zero-order valence-corrected chi connectivity index (χ0v) is 11.4. The highest BCUT2D eigenvalue weighted by Gasteiger charge is 2.34. The first kappa shape index (κ1) is 14.2. The molecule has 104 valence electrons. The van der Waals surface area contributed by atoms with E-state index in [-0.39, 0.29) is 12.2 Å². The number of ketones is 1. The van der Waals surface area contributed by atoms with E-state index in [4.69, 9.17) is 0 Å². The van der Waals surface area contributed by atoms with E-state index in [1.165, 1.54) is 14.0 Å². The molecule has 0 radical (unpaired) electrons. The molecule has 0 aromatic heterocycles. The number of fused-ring (bicyclic) bond motifs is 1. The largest absolute Gasteiger partial charge is 0.467 e. The zero-order chi connectivity index (χ0) is 14.8. The Balaban J connectivity index is 2.25. The van der Waals surface area contributed by atoms with Gasteiger partial charge in [-0.25, -0.2) is 4.79 Å². The van der Waals surface area contributed by atoms with Gasteiger partial charge in [-0.05, 0) is 23.8 Å². The Morgan fingerprint density at radius 3 is 2.45 bits per heavy atom. The third-order valence-corrected chi connectivity index (χ3v) is 3.20. The minimum absolute atomic E-state index is 0.300. The van der Waals surface area contributed by atoms with Crippen LogP contribution in [0.1, 0.15) is 23.7 Å². The van der Waals surface area contributed by atoms with Gasteiger partial charge in [0.25, 0.3) is 0 Å². The van der Waals surface area contributed by atoms with Gasteiger partial charge in [-0.15, -0.1) is 0 Å². The summed E-state index contributed by atoms with van der Waals surface area (Å²) in [5, 5.41) is 11.9. The smallest absolute Gasteiger partial charge is 0.338 e. The molecule has 0 amide bonds. The third kappa shape index (κ3) is 2.86. The van der Waals surface area contributed by atoms with Crippen LogP contribution in [0.15, 0.2) is 42.5 Å². The van der Waals surface area contributed by atoms with Gasteiger partial charge in [0.2, 0.25) is 0 Å². The molecule has 0 fully saturated rings. The first-order valence-corrected chi connectivity index (χ1v) is 6.27. The maximum absolute atomic E-state index is 12.2. The van der Waals surface area contributed by atoms with Gasteiger partial charge in [0.15, 0.2) is 11.4 Å². The van der Waals surface area contributed by atoms with E-state index < -0.39 is 11.6 Å². The highest BCUT2D eigenvalue weighted by Crippen LogP contribution is 2.20. The van der Waals surface area contributed by atoms with Crippen molar-refractivity contribution in [1.29, 1.82) is 0 Å². The number of rotatable bonds is 4. The molecule has 0 aliphatic rings. The van der Waals surface area contributed by atoms with Crippen LogP contribution in [0.25, 0.3) is 10.8 Å². The molecule has 20 heavy (non-hydrogen) atoms. The van der Waals surface area contributed by atoms with Crippen LogP contribution in [0.4, 0.5) is 0 Å². The van der Waals surface area contributed by atoms with Crippen LogP contribution < -0.4 is 0 Å². The minimum atomic E-state index is -1.81. The number of hydrogen-bond donors (Lipinski definition) is 1. The molecule has 0 aliphatic heterocycles. The van der Waals surface area contributed by atoms with Crippen molar-refractivity contribution >= 4 is 22.5 Å². The second kappa shape index (κ2) is 5.43. The van der Waals surface area contributed by atoms with Crippen LogP contribution in [0.2, 0.25) is 0 Å². The molecule has 0 saturated carbocycles. The van der Waals surface area contributed by atoms with Crippen molar-refractivity contribution in [1.82, 2.24) is 0 Å². The Morgan fingerprint density at radius 1 is 1.15 bits per heavy atom. The Hall–Kier alpha value is -2.20.